The van der Waals surface area contributed by atoms with Crippen LogP contribution in [-0.4, -0.2) is 58.4 Å². The number of aryl methyl sites for hydroxylation is 3. The number of nitrogens with one attached hydrogen (secondary N) is 1. The van der Waals surface area contributed by atoms with Crippen molar-refractivity contribution in [3.05, 3.63) is 60.2 Å². The standard InChI is InChI=1S/C26H26F3N7O2/c1-16-6-5-7-22(36(15-37)13-24(38)31-14-26(27,28)29)25(16)34(3)21-9-8-20(33-17(21)2)18-10-30-12-23-19(18)11-32-35(23)4/h5-12,15H,13-14H2,1-4H3,(H,31,38). The number of aromatic nitrogens is 4. The van der Waals surface area contributed by atoms with E-state index >= 15 is 0 Å². The van der Waals surface area contributed by atoms with Crippen LogP contribution in [0.15, 0.2) is 48.9 Å². The van der Waals surface area contributed by atoms with Gasteiger partial charge in [0.1, 0.15) is 13.1 Å². The smallest absolute Gasteiger partial charge is 0.345 e. The van der Waals surface area contributed by atoms with E-state index in [0.717, 1.165) is 32.6 Å². The van der Waals surface area contributed by atoms with Gasteiger partial charge >= 0.3 is 6.18 Å². The lowest BCUT2D eigenvalue weighted by Crippen LogP contribution is -2.41. The summed E-state index contributed by atoms with van der Waals surface area (Å²) in [5, 5.41) is 7.02. The van der Waals surface area contributed by atoms with Crippen molar-refractivity contribution in [2.45, 2.75) is 20.0 Å². The summed E-state index contributed by atoms with van der Waals surface area (Å²) in [7, 11) is 3.64. The van der Waals surface area contributed by atoms with Crippen LogP contribution in [0.4, 0.5) is 30.2 Å². The van der Waals surface area contributed by atoms with E-state index in [9.17, 15) is 22.8 Å². The number of amides is 2. The van der Waals surface area contributed by atoms with Gasteiger partial charge in [-0.2, -0.15) is 18.3 Å². The zero-order valence-corrected chi connectivity index (χ0v) is 21.2. The van der Waals surface area contributed by atoms with Crippen LogP contribution < -0.4 is 15.1 Å². The number of hydrogen-bond donors (Lipinski definition) is 1. The second-order valence-electron chi connectivity index (χ2n) is 8.82. The summed E-state index contributed by atoms with van der Waals surface area (Å²) in [5.41, 5.74) is 5.63. The third kappa shape index (κ3) is 5.43. The van der Waals surface area contributed by atoms with Crippen molar-refractivity contribution >= 4 is 40.3 Å². The molecule has 12 heteroatoms. The molecule has 4 aromatic rings. The van der Waals surface area contributed by atoms with E-state index in [2.05, 4.69) is 10.1 Å². The summed E-state index contributed by atoms with van der Waals surface area (Å²) in [5.74, 6) is -0.926. The first-order chi connectivity index (χ1) is 18.0. The van der Waals surface area contributed by atoms with Crippen LogP contribution in [-0.2, 0) is 16.6 Å². The van der Waals surface area contributed by atoms with Gasteiger partial charge < -0.3 is 15.1 Å². The first-order valence-corrected chi connectivity index (χ1v) is 11.6. The van der Waals surface area contributed by atoms with E-state index in [1.54, 1.807) is 47.8 Å². The number of pyridine rings is 2. The molecule has 9 nitrogen and oxygen atoms in total. The predicted octanol–water partition coefficient (Wildman–Crippen LogP) is 4.06. The van der Waals surface area contributed by atoms with Crippen LogP contribution in [0.3, 0.4) is 0 Å². The molecule has 4 rings (SSSR count). The Bertz CT molecular complexity index is 1500. The number of anilines is 3. The van der Waals surface area contributed by atoms with Gasteiger partial charge in [-0.3, -0.25) is 24.2 Å². The number of hydrogen-bond acceptors (Lipinski definition) is 6. The van der Waals surface area contributed by atoms with Crippen LogP contribution in [0, 0.1) is 13.8 Å². The molecule has 3 aromatic heterocycles. The van der Waals surface area contributed by atoms with Gasteiger partial charge in [-0.15, -0.1) is 0 Å². The van der Waals surface area contributed by atoms with Gasteiger partial charge in [0.2, 0.25) is 12.3 Å². The van der Waals surface area contributed by atoms with Gasteiger partial charge in [-0.25, -0.2) is 0 Å². The van der Waals surface area contributed by atoms with Gasteiger partial charge in [0.05, 0.1) is 46.4 Å². The van der Waals surface area contributed by atoms with E-state index in [-0.39, 0.29) is 0 Å². The second-order valence-corrected chi connectivity index (χ2v) is 8.82. The van der Waals surface area contributed by atoms with E-state index < -0.39 is 25.2 Å². The Labute approximate surface area is 216 Å². The molecule has 0 atom stereocenters. The number of para-hydroxylation sites is 1. The molecule has 2 amide bonds. The van der Waals surface area contributed by atoms with Crippen LogP contribution in [0.1, 0.15) is 11.3 Å². The molecule has 0 fully saturated rings. The van der Waals surface area contributed by atoms with E-state index in [4.69, 9.17) is 4.98 Å². The first-order valence-electron chi connectivity index (χ1n) is 11.6. The third-order valence-corrected chi connectivity index (χ3v) is 6.16. The van der Waals surface area contributed by atoms with Crippen molar-refractivity contribution in [3.63, 3.8) is 0 Å². The van der Waals surface area contributed by atoms with Crippen LogP contribution in [0.2, 0.25) is 0 Å². The first kappa shape index (κ1) is 26.6. The minimum Gasteiger partial charge on any atom is -0.345 e. The lowest BCUT2D eigenvalue weighted by molar-refractivity contribution is -0.137. The molecule has 198 valence electrons. The van der Waals surface area contributed by atoms with Gasteiger partial charge in [0.15, 0.2) is 0 Å². The molecule has 0 aliphatic heterocycles. The largest absolute Gasteiger partial charge is 0.405 e. The Balaban J connectivity index is 1.66. The van der Waals surface area contributed by atoms with Crippen LogP contribution in [0.5, 0.6) is 0 Å². The Morgan fingerprint density at radius 2 is 1.87 bits per heavy atom. The highest BCUT2D eigenvalue weighted by molar-refractivity contribution is 5.95. The number of fused-ring (bicyclic) bond motifs is 1. The molecule has 38 heavy (non-hydrogen) atoms. The van der Waals surface area contributed by atoms with E-state index in [1.807, 2.05) is 44.0 Å². The Morgan fingerprint density at radius 3 is 2.55 bits per heavy atom. The highest BCUT2D eigenvalue weighted by atomic mass is 19.4. The highest BCUT2D eigenvalue weighted by Crippen LogP contribution is 2.38. The summed E-state index contributed by atoms with van der Waals surface area (Å²) < 4.78 is 39.2. The normalized spacial score (nSPS) is 11.4. The monoisotopic (exact) mass is 525 g/mol. The van der Waals surface area contributed by atoms with Crippen molar-refractivity contribution in [3.8, 4) is 11.3 Å². The van der Waals surface area contributed by atoms with E-state index in [1.165, 1.54) is 0 Å². The minimum atomic E-state index is -4.55. The number of alkyl halides is 3. The number of nitrogens with zero attached hydrogens (tertiary/aromatic N) is 6. The van der Waals surface area contributed by atoms with Gasteiger partial charge in [0, 0.05) is 31.2 Å². The fourth-order valence-corrected chi connectivity index (χ4v) is 4.34. The molecule has 0 saturated carbocycles. The van der Waals surface area contributed by atoms with Crippen molar-refractivity contribution < 1.29 is 22.8 Å². The lowest BCUT2D eigenvalue weighted by Gasteiger charge is -2.29. The summed E-state index contributed by atoms with van der Waals surface area (Å²) in [6, 6.07) is 8.94. The predicted molar refractivity (Wildman–Crippen MR) is 138 cm³/mol. The maximum Gasteiger partial charge on any atom is 0.405 e. The lowest BCUT2D eigenvalue weighted by atomic mass is 10.1. The van der Waals surface area contributed by atoms with Gasteiger partial charge in [0.25, 0.3) is 0 Å². The summed E-state index contributed by atoms with van der Waals surface area (Å²) in [4.78, 5) is 36.1. The van der Waals surface area contributed by atoms with Crippen molar-refractivity contribution in [2.24, 2.45) is 7.05 Å². The number of carbonyl (C=O) groups excluding carboxylic acids is 2. The molecule has 0 aliphatic carbocycles. The summed E-state index contributed by atoms with van der Waals surface area (Å²) in [6.45, 7) is 1.65. The maximum atomic E-state index is 12.5. The molecule has 0 radical (unpaired) electrons. The average molecular weight is 526 g/mol. The zero-order chi connectivity index (χ0) is 27.6. The number of carbonyl (C=O) groups is 2. The molecule has 0 unspecified atom stereocenters. The molecule has 0 spiro atoms. The number of halogens is 3. The van der Waals surface area contributed by atoms with Gasteiger partial charge in [-0.1, -0.05) is 12.1 Å². The van der Waals surface area contributed by atoms with Crippen molar-refractivity contribution in [1.82, 2.24) is 25.1 Å². The maximum absolute atomic E-state index is 12.5. The molecular formula is C26H26F3N7O2. The summed E-state index contributed by atoms with van der Waals surface area (Å²) in [6.07, 6.45) is 1.12. The second kappa shape index (κ2) is 10.5. The SMILES string of the molecule is Cc1cccc(N(C=O)CC(=O)NCC(F)(F)F)c1N(C)c1ccc(-c2cncc3c2cnn3C)nc1C. The molecule has 1 N–H and O–H groups in total. The van der Waals surface area contributed by atoms with Crippen LogP contribution in [0.25, 0.3) is 22.2 Å². The Hall–Kier alpha value is -4.48. The topological polar surface area (TPSA) is 96.3 Å². The van der Waals surface area contributed by atoms with Gasteiger partial charge in [-0.05, 0) is 37.6 Å². The number of rotatable bonds is 8. The summed E-state index contributed by atoms with van der Waals surface area (Å²) >= 11 is 0. The molecule has 1 aromatic carbocycles. The highest BCUT2D eigenvalue weighted by Gasteiger charge is 2.28. The van der Waals surface area contributed by atoms with Crippen molar-refractivity contribution in [1.29, 1.82) is 0 Å². The third-order valence-electron chi connectivity index (χ3n) is 6.16. The average Bonchev–Trinajstić information content (AvgIpc) is 3.26. The minimum absolute atomic E-state index is 0.373. The molecular weight excluding hydrogens is 499 g/mol. The fourth-order valence-electron chi connectivity index (χ4n) is 4.34. The molecule has 0 aliphatic rings. The Morgan fingerprint density at radius 1 is 1.11 bits per heavy atom. The fraction of sp³-hybridized carbons (Fsp3) is 0.269. The molecule has 3 heterocycles. The van der Waals surface area contributed by atoms with Crippen LogP contribution >= 0.6 is 0 Å². The zero-order valence-electron chi connectivity index (χ0n) is 21.2. The van der Waals surface area contributed by atoms with E-state index in [0.29, 0.717) is 29.2 Å². The van der Waals surface area contributed by atoms with Crippen molar-refractivity contribution in [2.75, 3.05) is 29.9 Å². The molecule has 0 saturated heterocycles. The Kier molecular flexibility index (Phi) is 7.33. The number of benzene rings is 1. The molecule has 0 bridgehead atoms. The quantitative estimate of drug-likeness (QED) is 0.349.